The van der Waals surface area contributed by atoms with Gasteiger partial charge < -0.3 is 5.32 Å². The maximum atomic E-state index is 12.2. The molecular weight excluding hydrogens is 172 g/mol. The molecule has 0 saturated heterocycles. The maximum Gasteiger partial charge on any atom is 0.263 e. The lowest BCUT2D eigenvalue weighted by Crippen LogP contribution is -2.11. The minimum absolute atomic E-state index is 0.0760. The van der Waals surface area contributed by atoms with Gasteiger partial charge in [0, 0.05) is 11.6 Å². The third-order valence-electron chi connectivity index (χ3n) is 2.12. The van der Waals surface area contributed by atoms with Gasteiger partial charge in [-0.1, -0.05) is 24.3 Å². The van der Waals surface area contributed by atoms with Crippen molar-refractivity contribution in [3.05, 3.63) is 35.4 Å². The van der Waals surface area contributed by atoms with E-state index in [1.807, 2.05) is 14.0 Å². The van der Waals surface area contributed by atoms with Gasteiger partial charge in [0.25, 0.3) is 6.43 Å². The molecule has 3 heteroatoms. The van der Waals surface area contributed by atoms with Crippen molar-refractivity contribution in [1.82, 2.24) is 5.32 Å². The topological polar surface area (TPSA) is 12.0 Å². The molecule has 0 aromatic heterocycles. The van der Waals surface area contributed by atoms with Crippen LogP contribution in [0, 0.1) is 0 Å². The van der Waals surface area contributed by atoms with Gasteiger partial charge in [0.15, 0.2) is 0 Å². The third kappa shape index (κ3) is 2.49. The summed E-state index contributed by atoms with van der Waals surface area (Å²) in [6.45, 7) is 1.98. The van der Waals surface area contributed by atoms with E-state index in [2.05, 4.69) is 5.32 Å². The highest BCUT2D eigenvalue weighted by Crippen LogP contribution is 2.20. The van der Waals surface area contributed by atoms with Gasteiger partial charge in [-0.25, -0.2) is 8.78 Å². The summed E-state index contributed by atoms with van der Waals surface area (Å²) in [6, 6.07) is 6.58. The van der Waals surface area contributed by atoms with Gasteiger partial charge in [0.2, 0.25) is 0 Å². The molecule has 0 fully saturated rings. The molecule has 13 heavy (non-hydrogen) atoms. The summed E-state index contributed by atoms with van der Waals surface area (Å²) in [5.74, 6) is 0. The smallest absolute Gasteiger partial charge is 0.263 e. The Bertz CT molecular complexity index is 256. The molecule has 1 aromatic rings. The first-order valence-electron chi connectivity index (χ1n) is 4.20. The van der Waals surface area contributed by atoms with Crippen LogP contribution in [0.2, 0.25) is 0 Å². The van der Waals surface area contributed by atoms with Gasteiger partial charge in [-0.3, -0.25) is 0 Å². The van der Waals surface area contributed by atoms with Crippen molar-refractivity contribution in [1.29, 1.82) is 0 Å². The summed E-state index contributed by atoms with van der Waals surface area (Å²) in [6.07, 6.45) is -2.38. The Labute approximate surface area is 76.8 Å². The van der Waals surface area contributed by atoms with E-state index in [1.165, 1.54) is 12.1 Å². The number of benzene rings is 1. The molecule has 0 aliphatic carbocycles. The fourth-order valence-corrected chi connectivity index (χ4v) is 1.10. The maximum absolute atomic E-state index is 12.2. The van der Waals surface area contributed by atoms with Crippen molar-refractivity contribution >= 4 is 0 Å². The number of halogens is 2. The van der Waals surface area contributed by atoms with Crippen molar-refractivity contribution in [2.75, 3.05) is 7.05 Å². The van der Waals surface area contributed by atoms with E-state index >= 15 is 0 Å². The van der Waals surface area contributed by atoms with Gasteiger partial charge in [0.05, 0.1) is 0 Å². The van der Waals surface area contributed by atoms with E-state index in [0.717, 1.165) is 5.56 Å². The van der Waals surface area contributed by atoms with Gasteiger partial charge in [0.1, 0.15) is 0 Å². The van der Waals surface area contributed by atoms with Crippen LogP contribution in [-0.4, -0.2) is 7.05 Å². The van der Waals surface area contributed by atoms with Crippen molar-refractivity contribution in [2.24, 2.45) is 0 Å². The number of alkyl halides is 2. The molecule has 1 nitrogen and oxygen atoms in total. The van der Waals surface area contributed by atoms with Crippen LogP contribution in [0.3, 0.4) is 0 Å². The molecule has 0 aliphatic heterocycles. The lowest BCUT2D eigenvalue weighted by atomic mass is 10.1. The van der Waals surface area contributed by atoms with E-state index in [1.54, 1.807) is 12.1 Å². The molecule has 0 saturated carbocycles. The molecule has 1 atom stereocenters. The fourth-order valence-electron chi connectivity index (χ4n) is 1.10. The second kappa shape index (κ2) is 4.33. The second-order valence-corrected chi connectivity index (χ2v) is 2.98. The Kier molecular flexibility index (Phi) is 3.37. The number of nitrogens with one attached hydrogen (secondary N) is 1. The largest absolute Gasteiger partial charge is 0.313 e. The first-order chi connectivity index (χ1) is 6.15. The molecule has 1 N–H and O–H groups in total. The molecule has 0 radical (unpaired) electrons. The van der Waals surface area contributed by atoms with Crippen LogP contribution in [0.1, 0.15) is 30.5 Å². The Morgan fingerprint density at radius 1 is 1.08 bits per heavy atom. The van der Waals surface area contributed by atoms with Gasteiger partial charge in [-0.15, -0.1) is 0 Å². The van der Waals surface area contributed by atoms with E-state index in [0.29, 0.717) is 0 Å². The van der Waals surface area contributed by atoms with Crippen molar-refractivity contribution in [3.63, 3.8) is 0 Å². The van der Waals surface area contributed by atoms with Gasteiger partial charge in [-0.2, -0.15) is 0 Å². The van der Waals surface area contributed by atoms with E-state index < -0.39 is 6.43 Å². The van der Waals surface area contributed by atoms with Crippen LogP contribution < -0.4 is 5.32 Å². The van der Waals surface area contributed by atoms with Gasteiger partial charge in [-0.05, 0) is 19.5 Å². The molecule has 0 spiro atoms. The highest BCUT2D eigenvalue weighted by molar-refractivity contribution is 5.25. The lowest BCUT2D eigenvalue weighted by molar-refractivity contribution is 0.151. The highest BCUT2D eigenvalue weighted by atomic mass is 19.3. The molecular formula is C10H13F2N. The Morgan fingerprint density at radius 2 is 1.54 bits per heavy atom. The standard InChI is InChI=1S/C10H13F2N/c1-7(13-2)8-3-5-9(6-4-8)10(11)12/h3-7,10,13H,1-2H3. The molecule has 0 amide bonds. The lowest BCUT2D eigenvalue weighted by Gasteiger charge is -2.10. The van der Waals surface area contributed by atoms with E-state index in [4.69, 9.17) is 0 Å². The fraction of sp³-hybridized carbons (Fsp3) is 0.400. The van der Waals surface area contributed by atoms with Crippen molar-refractivity contribution < 1.29 is 8.78 Å². The summed E-state index contributed by atoms with van der Waals surface area (Å²) in [5.41, 5.74) is 1.10. The normalized spacial score (nSPS) is 13.3. The van der Waals surface area contributed by atoms with Crippen LogP contribution in [0.4, 0.5) is 8.78 Å². The highest BCUT2D eigenvalue weighted by Gasteiger charge is 2.07. The van der Waals surface area contributed by atoms with Crippen LogP contribution in [0.15, 0.2) is 24.3 Å². The molecule has 1 unspecified atom stereocenters. The molecule has 0 aliphatic rings. The third-order valence-corrected chi connectivity index (χ3v) is 2.12. The number of hydrogen-bond donors (Lipinski definition) is 1. The molecule has 72 valence electrons. The SMILES string of the molecule is CNC(C)c1ccc(C(F)F)cc1. The van der Waals surface area contributed by atoms with Crippen LogP contribution in [0.5, 0.6) is 0 Å². The summed E-state index contributed by atoms with van der Waals surface area (Å²) >= 11 is 0. The average Bonchev–Trinajstić information content (AvgIpc) is 2.17. The van der Waals surface area contributed by atoms with Crippen LogP contribution in [-0.2, 0) is 0 Å². The van der Waals surface area contributed by atoms with Crippen LogP contribution >= 0.6 is 0 Å². The zero-order valence-electron chi connectivity index (χ0n) is 7.72. The molecule has 1 rings (SSSR count). The molecule has 0 heterocycles. The summed E-state index contributed by atoms with van der Waals surface area (Å²) < 4.78 is 24.3. The molecule has 0 bridgehead atoms. The first-order valence-corrected chi connectivity index (χ1v) is 4.20. The van der Waals surface area contributed by atoms with Gasteiger partial charge >= 0.3 is 0 Å². The van der Waals surface area contributed by atoms with E-state index in [9.17, 15) is 8.78 Å². The predicted molar refractivity (Wildman–Crippen MR) is 48.9 cm³/mol. The Hall–Kier alpha value is -0.960. The van der Waals surface area contributed by atoms with Crippen molar-refractivity contribution in [3.8, 4) is 0 Å². The second-order valence-electron chi connectivity index (χ2n) is 2.98. The van der Waals surface area contributed by atoms with Crippen molar-refractivity contribution in [2.45, 2.75) is 19.4 Å². The number of hydrogen-bond acceptors (Lipinski definition) is 1. The monoisotopic (exact) mass is 185 g/mol. The summed E-state index contributed by atoms with van der Waals surface area (Å²) in [4.78, 5) is 0. The summed E-state index contributed by atoms with van der Waals surface area (Å²) in [7, 11) is 1.84. The quantitative estimate of drug-likeness (QED) is 0.763. The Balaban J connectivity index is 2.81. The average molecular weight is 185 g/mol. The zero-order valence-corrected chi connectivity index (χ0v) is 7.72. The molecule has 1 aromatic carbocycles. The summed E-state index contributed by atoms with van der Waals surface area (Å²) in [5, 5.41) is 3.04. The Morgan fingerprint density at radius 3 is 1.92 bits per heavy atom. The van der Waals surface area contributed by atoms with Crippen LogP contribution in [0.25, 0.3) is 0 Å². The van der Waals surface area contributed by atoms with E-state index in [-0.39, 0.29) is 11.6 Å². The minimum Gasteiger partial charge on any atom is -0.313 e. The minimum atomic E-state index is -2.38. The predicted octanol–water partition coefficient (Wildman–Crippen LogP) is 2.90. The first kappa shape index (κ1) is 10.1. The number of rotatable bonds is 3. The zero-order chi connectivity index (χ0) is 9.84.